The summed E-state index contributed by atoms with van der Waals surface area (Å²) in [5.74, 6) is 0.647. The van der Waals surface area contributed by atoms with Crippen LogP contribution in [0.15, 0.2) is 40.3 Å². The minimum atomic E-state index is -3.71. The lowest BCUT2D eigenvalue weighted by atomic mass is 9.96. The van der Waals surface area contributed by atoms with E-state index in [4.69, 9.17) is 4.42 Å². The summed E-state index contributed by atoms with van der Waals surface area (Å²) in [5, 5.41) is -0.146. The number of sulfonamides is 1. The van der Waals surface area contributed by atoms with Gasteiger partial charge in [0.05, 0.1) is 24.3 Å². The van der Waals surface area contributed by atoms with Gasteiger partial charge in [-0.1, -0.05) is 20.8 Å². The molecular formula is C12H15N3O3S. The van der Waals surface area contributed by atoms with Crippen molar-refractivity contribution in [3.63, 3.8) is 0 Å². The van der Waals surface area contributed by atoms with Crippen LogP contribution in [-0.4, -0.2) is 18.4 Å². The summed E-state index contributed by atoms with van der Waals surface area (Å²) in [5.41, 5.74) is 0.114. The molecule has 2 heterocycles. The Hall–Kier alpha value is -1.89. The second-order valence-corrected chi connectivity index (χ2v) is 6.70. The average molecular weight is 281 g/mol. The first-order chi connectivity index (χ1) is 8.79. The largest absolute Gasteiger partial charge is 0.451 e. The van der Waals surface area contributed by atoms with Gasteiger partial charge in [-0.05, 0) is 12.1 Å². The molecule has 0 aromatic carbocycles. The maximum absolute atomic E-state index is 11.9. The third-order valence-corrected chi connectivity index (χ3v) is 3.60. The second-order valence-electron chi connectivity index (χ2n) is 5.08. The molecule has 0 atom stereocenters. The van der Waals surface area contributed by atoms with Gasteiger partial charge in [-0.15, -0.1) is 0 Å². The third kappa shape index (κ3) is 3.11. The van der Waals surface area contributed by atoms with Crippen molar-refractivity contribution in [2.45, 2.75) is 31.3 Å². The summed E-state index contributed by atoms with van der Waals surface area (Å²) < 4.78 is 31.0. The molecule has 0 aliphatic heterocycles. The first-order valence-corrected chi connectivity index (χ1v) is 7.16. The number of hydrogen-bond acceptors (Lipinski definition) is 5. The molecule has 0 saturated carbocycles. The first-order valence-electron chi connectivity index (χ1n) is 5.68. The molecule has 0 unspecified atom stereocenters. The summed E-state index contributed by atoms with van der Waals surface area (Å²) in [6.45, 7) is 5.94. The van der Waals surface area contributed by atoms with E-state index in [9.17, 15) is 8.42 Å². The van der Waals surface area contributed by atoms with Gasteiger partial charge in [0.2, 0.25) is 5.09 Å². The normalized spacial score (nSPS) is 12.4. The standard InChI is InChI=1S/C12H15N3O3S/c1-12(2,3)11-13-7-9(8-14-11)15-19(16,17)10-5-4-6-18-10/h4-8,15H,1-3H3. The molecule has 0 radical (unpaired) electrons. The third-order valence-electron chi connectivity index (χ3n) is 2.33. The predicted molar refractivity (Wildman–Crippen MR) is 70.2 cm³/mol. The van der Waals surface area contributed by atoms with Gasteiger partial charge in [0, 0.05) is 5.41 Å². The second kappa shape index (κ2) is 4.65. The highest BCUT2D eigenvalue weighted by molar-refractivity contribution is 7.92. The van der Waals surface area contributed by atoms with E-state index in [0.29, 0.717) is 11.5 Å². The van der Waals surface area contributed by atoms with Crippen LogP contribution < -0.4 is 4.72 Å². The zero-order valence-electron chi connectivity index (χ0n) is 10.9. The molecule has 2 aromatic rings. The maximum Gasteiger partial charge on any atom is 0.295 e. The quantitative estimate of drug-likeness (QED) is 0.931. The topological polar surface area (TPSA) is 85.1 Å². The van der Waals surface area contributed by atoms with Crippen molar-refractivity contribution in [2.24, 2.45) is 0 Å². The molecule has 0 aliphatic rings. The van der Waals surface area contributed by atoms with E-state index in [1.165, 1.54) is 30.8 Å². The lowest BCUT2D eigenvalue weighted by Gasteiger charge is -2.16. The van der Waals surface area contributed by atoms with Gasteiger partial charge in [-0.3, -0.25) is 4.72 Å². The van der Waals surface area contributed by atoms with Gasteiger partial charge in [0.1, 0.15) is 5.82 Å². The molecule has 0 bridgehead atoms. The molecule has 102 valence electrons. The summed E-state index contributed by atoms with van der Waals surface area (Å²) >= 11 is 0. The average Bonchev–Trinajstić information content (AvgIpc) is 2.82. The first kappa shape index (κ1) is 13.5. The number of furan rings is 1. The van der Waals surface area contributed by atoms with E-state index in [2.05, 4.69) is 14.7 Å². The Kier molecular flexibility index (Phi) is 3.32. The minimum Gasteiger partial charge on any atom is -0.451 e. The summed E-state index contributed by atoms with van der Waals surface area (Å²) in [4.78, 5) is 8.29. The highest BCUT2D eigenvalue weighted by Gasteiger charge is 2.19. The van der Waals surface area contributed by atoms with Gasteiger partial charge in [-0.25, -0.2) is 9.97 Å². The molecular weight excluding hydrogens is 266 g/mol. The Labute approximate surface area is 111 Å². The number of rotatable bonds is 3. The Morgan fingerprint density at radius 1 is 1.21 bits per heavy atom. The molecule has 6 nitrogen and oxygen atoms in total. The highest BCUT2D eigenvalue weighted by Crippen LogP contribution is 2.19. The maximum atomic E-state index is 11.9. The van der Waals surface area contributed by atoms with Gasteiger partial charge in [0.15, 0.2) is 0 Å². The molecule has 2 rings (SSSR count). The fourth-order valence-corrected chi connectivity index (χ4v) is 2.35. The molecule has 1 N–H and O–H groups in total. The van der Waals surface area contributed by atoms with Crippen LogP contribution >= 0.6 is 0 Å². The van der Waals surface area contributed by atoms with E-state index < -0.39 is 10.0 Å². The van der Waals surface area contributed by atoms with E-state index in [1.54, 1.807) is 0 Å². The van der Waals surface area contributed by atoms with Crippen LogP contribution in [-0.2, 0) is 15.4 Å². The predicted octanol–water partition coefficient (Wildman–Crippen LogP) is 2.17. The number of aromatic nitrogens is 2. The van der Waals surface area contributed by atoms with Crippen LogP contribution in [0, 0.1) is 0 Å². The number of nitrogens with one attached hydrogen (secondary N) is 1. The molecule has 2 aromatic heterocycles. The minimum absolute atomic E-state index is 0.146. The smallest absolute Gasteiger partial charge is 0.295 e. The summed E-state index contributed by atoms with van der Waals surface area (Å²) in [6, 6.07) is 2.88. The van der Waals surface area contributed by atoms with E-state index in [1.807, 2.05) is 20.8 Å². The molecule has 7 heteroatoms. The lowest BCUT2D eigenvalue weighted by Crippen LogP contribution is -2.17. The van der Waals surface area contributed by atoms with Crippen molar-refractivity contribution < 1.29 is 12.8 Å². The Balaban J connectivity index is 2.21. The van der Waals surface area contributed by atoms with Crippen molar-refractivity contribution in [3.05, 3.63) is 36.6 Å². The number of nitrogens with zero attached hydrogens (tertiary/aromatic N) is 2. The molecule has 0 fully saturated rings. The van der Waals surface area contributed by atoms with Crippen molar-refractivity contribution in [2.75, 3.05) is 4.72 Å². The van der Waals surface area contributed by atoms with Gasteiger partial charge in [0.25, 0.3) is 10.0 Å². The Bertz CT molecular complexity index is 641. The molecule has 0 spiro atoms. The van der Waals surface area contributed by atoms with E-state index in [0.717, 1.165) is 0 Å². The van der Waals surface area contributed by atoms with Crippen LogP contribution in [0.25, 0.3) is 0 Å². The van der Waals surface area contributed by atoms with Crippen LogP contribution in [0.3, 0.4) is 0 Å². The van der Waals surface area contributed by atoms with Crippen LogP contribution in [0.1, 0.15) is 26.6 Å². The molecule has 0 amide bonds. The SMILES string of the molecule is CC(C)(C)c1ncc(NS(=O)(=O)c2ccco2)cn1. The zero-order chi connectivity index (χ0) is 14.1. The fourth-order valence-electron chi connectivity index (χ4n) is 1.39. The molecule has 0 aliphatic carbocycles. The van der Waals surface area contributed by atoms with Gasteiger partial charge in [-0.2, -0.15) is 8.42 Å². The van der Waals surface area contributed by atoms with Crippen molar-refractivity contribution in [1.29, 1.82) is 0 Å². The molecule has 0 saturated heterocycles. The zero-order valence-corrected chi connectivity index (χ0v) is 11.7. The Morgan fingerprint density at radius 3 is 2.32 bits per heavy atom. The van der Waals surface area contributed by atoms with Crippen molar-refractivity contribution >= 4 is 15.7 Å². The monoisotopic (exact) mass is 281 g/mol. The summed E-state index contributed by atoms with van der Waals surface area (Å²) in [7, 11) is -3.71. The van der Waals surface area contributed by atoms with Crippen LogP contribution in [0.2, 0.25) is 0 Å². The van der Waals surface area contributed by atoms with E-state index >= 15 is 0 Å². The van der Waals surface area contributed by atoms with Crippen LogP contribution in [0.4, 0.5) is 5.69 Å². The van der Waals surface area contributed by atoms with Crippen LogP contribution in [0.5, 0.6) is 0 Å². The van der Waals surface area contributed by atoms with Gasteiger partial charge < -0.3 is 4.42 Å². The van der Waals surface area contributed by atoms with E-state index in [-0.39, 0.29) is 10.5 Å². The molecule has 19 heavy (non-hydrogen) atoms. The van der Waals surface area contributed by atoms with Crippen molar-refractivity contribution in [3.8, 4) is 0 Å². The number of anilines is 1. The highest BCUT2D eigenvalue weighted by atomic mass is 32.2. The van der Waals surface area contributed by atoms with Crippen molar-refractivity contribution in [1.82, 2.24) is 9.97 Å². The Morgan fingerprint density at radius 2 is 1.84 bits per heavy atom. The fraction of sp³-hybridized carbons (Fsp3) is 0.333. The summed E-state index contributed by atoms with van der Waals surface area (Å²) in [6.07, 6.45) is 4.18. The van der Waals surface area contributed by atoms with Gasteiger partial charge >= 0.3 is 0 Å². The lowest BCUT2D eigenvalue weighted by molar-refractivity contribution is 0.452. The number of hydrogen-bond donors (Lipinski definition) is 1.